The highest BCUT2D eigenvalue weighted by Gasteiger charge is 2.18. The summed E-state index contributed by atoms with van der Waals surface area (Å²) in [6.45, 7) is 3.95. The lowest BCUT2D eigenvalue weighted by atomic mass is 10.0. The van der Waals surface area contributed by atoms with Crippen LogP contribution in [0.15, 0.2) is 39.5 Å². The molecule has 124 valence electrons. The highest BCUT2D eigenvalue weighted by molar-refractivity contribution is 5.85. The van der Waals surface area contributed by atoms with Gasteiger partial charge in [0, 0.05) is 11.6 Å². The zero-order valence-electron chi connectivity index (χ0n) is 14.0. The zero-order chi connectivity index (χ0) is 17.4. The molecule has 24 heavy (non-hydrogen) atoms. The monoisotopic (exact) mass is 326 g/mol. The summed E-state index contributed by atoms with van der Waals surface area (Å²) in [6, 6.07) is 8.69. The van der Waals surface area contributed by atoms with Gasteiger partial charge in [0.2, 0.25) is 11.2 Å². The van der Waals surface area contributed by atoms with Crippen molar-refractivity contribution in [1.82, 2.24) is 0 Å². The van der Waals surface area contributed by atoms with Crippen LogP contribution >= 0.6 is 0 Å². The Balaban J connectivity index is 2.32. The van der Waals surface area contributed by atoms with Crippen molar-refractivity contribution < 1.29 is 19.0 Å². The van der Waals surface area contributed by atoms with Gasteiger partial charge >= 0.3 is 0 Å². The van der Waals surface area contributed by atoms with Crippen molar-refractivity contribution in [3.63, 3.8) is 0 Å². The largest absolute Gasteiger partial charge is 0.502 e. The average molecular weight is 326 g/mol. The van der Waals surface area contributed by atoms with Crippen molar-refractivity contribution in [2.75, 3.05) is 14.2 Å². The van der Waals surface area contributed by atoms with Crippen LogP contribution in [0.2, 0.25) is 0 Å². The Hall–Kier alpha value is -2.95. The fourth-order valence-electron chi connectivity index (χ4n) is 2.59. The van der Waals surface area contributed by atoms with Crippen LogP contribution in [0.25, 0.3) is 22.3 Å². The molecule has 0 saturated heterocycles. The van der Waals surface area contributed by atoms with Crippen molar-refractivity contribution in [3.05, 3.63) is 51.7 Å². The first-order valence-electron chi connectivity index (χ1n) is 7.45. The Labute approximate surface area is 139 Å². The number of fused-ring (bicyclic) bond motifs is 1. The smallest absolute Gasteiger partial charge is 0.235 e. The summed E-state index contributed by atoms with van der Waals surface area (Å²) >= 11 is 0. The summed E-state index contributed by atoms with van der Waals surface area (Å²) in [5.41, 5.74) is 2.62. The van der Waals surface area contributed by atoms with Crippen molar-refractivity contribution in [3.8, 4) is 28.6 Å². The third-order valence-electron chi connectivity index (χ3n) is 4.14. The molecule has 0 amide bonds. The molecule has 5 heteroatoms. The van der Waals surface area contributed by atoms with E-state index in [9.17, 15) is 9.90 Å². The van der Waals surface area contributed by atoms with Crippen LogP contribution < -0.4 is 14.9 Å². The van der Waals surface area contributed by atoms with Gasteiger partial charge in [-0.1, -0.05) is 12.1 Å². The highest BCUT2D eigenvalue weighted by Crippen LogP contribution is 2.36. The van der Waals surface area contributed by atoms with E-state index in [4.69, 9.17) is 13.9 Å². The van der Waals surface area contributed by atoms with Gasteiger partial charge in [0.25, 0.3) is 0 Å². The number of benzene rings is 2. The lowest BCUT2D eigenvalue weighted by molar-refractivity contribution is 0.355. The van der Waals surface area contributed by atoms with E-state index in [-0.39, 0.29) is 11.1 Å². The molecule has 1 N–H and O–H groups in total. The molecule has 0 atom stereocenters. The van der Waals surface area contributed by atoms with Crippen LogP contribution in [-0.4, -0.2) is 19.3 Å². The SMILES string of the molecule is COc1cc2oc(-c3ccc(C)c(C)c3)c(O)c(=O)c2cc1OC. The first-order chi connectivity index (χ1) is 11.5. The molecular formula is C19H18O5. The average Bonchev–Trinajstić information content (AvgIpc) is 2.59. The number of hydrogen-bond acceptors (Lipinski definition) is 5. The molecule has 3 rings (SSSR count). The van der Waals surface area contributed by atoms with Crippen LogP contribution in [-0.2, 0) is 0 Å². The second-order valence-corrected chi connectivity index (χ2v) is 5.61. The van der Waals surface area contributed by atoms with E-state index in [2.05, 4.69) is 0 Å². The standard InChI is InChI=1S/C19H18O5/c1-10-5-6-12(7-11(10)2)19-18(21)17(20)13-8-15(22-3)16(23-4)9-14(13)24-19/h5-9,21H,1-4H3. The number of rotatable bonds is 3. The molecule has 0 spiro atoms. The van der Waals surface area contributed by atoms with Crippen molar-refractivity contribution in [1.29, 1.82) is 0 Å². The predicted molar refractivity (Wildman–Crippen MR) is 92.2 cm³/mol. The molecule has 0 fully saturated rings. The number of ether oxygens (including phenoxy) is 2. The number of aromatic hydroxyl groups is 1. The molecule has 0 radical (unpaired) electrons. The Bertz CT molecular complexity index is 985. The molecule has 2 aromatic carbocycles. The normalized spacial score (nSPS) is 10.8. The van der Waals surface area contributed by atoms with Gasteiger partial charge in [0.1, 0.15) is 5.58 Å². The van der Waals surface area contributed by atoms with Gasteiger partial charge in [-0.3, -0.25) is 4.79 Å². The Morgan fingerprint density at radius 2 is 1.62 bits per heavy atom. The van der Waals surface area contributed by atoms with Crippen molar-refractivity contribution >= 4 is 11.0 Å². The molecule has 0 aliphatic rings. The fourth-order valence-corrected chi connectivity index (χ4v) is 2.59. The first-order valence-corrected chi connectivity index (χ1v) is 7.45. The minimum absolute atomic E-state index is 0.141. The van der Waals surface area contributed by atoms with Crippen LogP contribution in [0.5, 0.6) is 17.2 Å². The van der Waals surface area contributed by atoms with Gasteiger partial charge in [0.05, 0.1) is 19.6 Å². The van der Waals surface area contributed by atoms with E-state index < -0.39 is 11.2 Å². The second-order valence-electron chi connectivity index (χ2n) is 5.61. The Morgan fingerprint density at radius 3 is 2.25 bits per heavy atom. The van der Waals surface area contributed by atoms with E-state index in [1.807, 2.05) is 32.0 Å². The quantitative estimate of drug-likeness (QED) is 0.793. The number of aryl methyl sites for hydroxylation is 2. The third kappa shape index (κ3) is 2.48. The van der Waals surface area contributed by atoms with Gasteiger partial charge in [-0.2, -0.15) is 0 Å². The van der Waals surface area contributed by atoms with E-state index in [1.165, 1.54) is 20.3 Å². The van der Waals surface area contributed by atoms with Crippen molar-refractivity contribution in [2.24, 2.45) is 0 Å². The summed E-state index contributed by atoms with van der Waals surface area (Å²) in [4.78, 5) is 12.5. The van der Waals surface area contributed by atoms with Crippen LogP contribution in [0.3, 0.4) is 0 Å². The Kier molecular flexibility index (Phi) is 3.93. The maximum Gasteiger partial charge on any atom is 0.235 e. The lowest BCUT2D eigenvalue weighted by Gasteiger charge is -2.11. The molecule has 0 aliphatic carbocycles. The molecular weight excluding hydrogens is 308 g/mol. The molecule has 1 heterocycles. The lowest BCUT2D eigenvalue weighted by Crippen LogP contribution is -2.04. The summed E-state index contributed by atoms with van der Waals surface area (Å²) < 4.78 is 16.3. The highest BCUT2D eigenvalue weighted by atomic mass is 16.5. The van der Waals surface area contributed by atoms with Crippen LogP contribution in [0.4, 0.5) is 0 Å². The summed E-state index contributed by atoms with van der Waals surface area (Å²) in [5.74, 6) is 0.571. The van der Waals surface area contributed by atoms with Gasteiger partial charge in [-0.15, -0.1) is 0 Å². The molecule has 0 saturated carbocycles. The van der Waals surface area contributed by atoms with E-state index in [0.29, 0.717) is 22.6 Å². The third-order valence-corrected chi connectivity index (χ3v) is 4.14. The van der Waals surface area contributed by atoms with E-state index in [0.717, 1.165) is 11.1 Å². The molecule has 1 aromatic heterocycles. The summed E-state index contributed by atoms with van der Waals surface area (Å²) in [5, 5.41) is 10.6. The molecule has 0 bridgehead atoms. The first kappa shape index (κ1) is 15.9. The van der Waals surface area contributed by atoms with E-state index >= 15 is 0 Å². The molecule has 3 aromatic rings. The number of methoxy groups -OCH3 is 2. The predicted octanol–water partition coefficient (Wildman–Crippen LogP) is 3.80. The topological polar surface area (TPSA) is 68.9 Å². The van der Waals surface area contributed by atoms with Crippen LogP contribution in [0, 0.1) is 13.8 Å². The zero-order valence-corrected chi connectivity index (χ0v) is 14.0. The second kappa shape index (κ2) is 5.92. The minimum Gasteiger partial charge on any atom is -0.502 e. The van der Waals surface area contributed by atoms with Gasteiger partial charge < -0.3 is 19.0 Å². The van der Waals surface area contributed by atoms with Crippen molar-refractivity contribution in [2.45, 2.75) is 13.8 Å². The minimum atomic E-state index is -0.509. The van der Waals surface area contributed by atoms with Gasteiger partial charge in [0.15, 0.2) is 17.3 Å². The molecule has 5 nitrogen and oxygen atoms in total. The number of hydrogen-bond donors (Lipinski definition) is 1. The summed E-state index contributed by atoms with van der Waals surface area (Å²) in [7, 11) is 2.99. The maximum atomic E-state index is 12.5. The van der Waals surface area contributed by atoms with Gasteiger partial charge in [-0.05, 0) is 37.1 Å². The molecule has 0 unspecified atom stereocenters. The van der Waals surface area contributed by atoms with Gasteiger partial charge in [-0.25, -0.2) is 0 Å². The fraction of sp³-hybridized carbons (Fsp3) is 0.211. The summed E-state index contributed by atoms with van der Waals surface area (Å²) in [6.07, 6.45) is 0. The van der Waals surface area contributed by atoms with E-state index in [1.54, 1.807) is 6.07 Å². The van der Waals surface area contributed by atoms with Crippen LogP contribution in [0.1, 0.15) is 11.1 Å². The Morgan fingerprint density at radius 1 is 0.958 bits per heavy atom. The maximum absolute atomic E-state index is 12.5. The molecule has 0 aliphatic heterocycles.